The van der Waals surface area contributed by atoms with E-state index in [2.05, 4.69) is 4.98 Å². The van der Waals surface area contributed by atoms with Crippen LogP contribution in [0.2, 0.25) is 0 Å². The van der Waals surface area contributed by atoms with Crippen LogP contribution in [-0.4, -0.2) is 23.6 Å². The first-order chi connectivity index (χ1) is 10.1. The zero-order chi connectivity index (χ0) is 15.0. The molecule has 0 fully saturated rings. The number of anilines is 1. The number of benzene rings is 1. The molecule has 21 heavy (non-hydrogen) atoms. The molecule has 0 atom stereocenters. The number of fused-ring (bicyclic) bond motifs is 1. The van der Waals surface area contributed by atoms with Gasteiger partial charge in [0.1, 0.15) is 34.5 Å². The second kappa shape index (κ2) is 4.97. The van der Waals surface area contributed by atoms with E-state index >= 15 is 0 Å². The van der Waals surface area contributed by atoms with Gasteiger partial charge in [0, 0.05) is 17.8 Å². The van der Waals surface area contributed by atoms with Crippen molar-refractivity contribution in [2.75, 3.05) is 20.0 Å². The molecule has 0 aliphatic heterocycles. The normalized spacial score (nSPS) is 10.8. The molecule has 0 radical (unpaired) electrons. The summed E-state index contributed by atoms with van der Waals surface area (Å²) < 4.78 is 25.3. The van der Waals surface area contributed by atoms with Gasteiger partial charge in [-0.15, -0.1) is 0 Å². The molecule has 0 aliphatic carbocycles. The highest BCUT2D eigenvalue weighted by molar-refractivity contribution is 5.76. The van der Waals surface area contributed by atoms with Crippen molar-refractivity contribution in [2.45, 2.75) is 0 Å². The summed E-state index contributed by atoms with van der Waals surface area (Å²) in [6, 6.07) is 8.29. The van der Waals surface area contributed by atoms with Crippen molar-refractivity contribution in [1.82, 2.24) is 9.38 Å². The standard InChI is InChI=1S/C15H14FN3O2/c1-20-11-5-9(6-12(7-11)21-2)14-15(17)19-8-10(16)3-4-13(19)18-14/h3-8H,17H2,1-2H3. The predicted molar refractivity (Wildman–Crippen MR) is 78.1 cm³/mol. The number of pyridine rings is 1. The third-order valence-corrected chi connectivity index (χ3v) is 3.24. The Morgan fingerprint density at radius 2 is 1.76 bits per heavy atom. The van der Waals surface area contributed by atoms with Gasteiger partial charge in [-0.1, -0.05) is 0 Å². The molecule has 0 bridgehead atoms. The van der Waals surface area contributed by atoms with Crippen molar-refractivity contribution in [2.24, 2.45) is 0 Å². The Bertz CT molecular complexity index is 792. The summed E-state index contributed by atoms with van der Waals surface area (Å²) >= 11 is 0. The Morgan fingerprint density at radius 1 is 1.10 bits per heavy atom. The van der Waals surface area contributed by atoms with Crippen LogP contribution in [0.1, 0.15) is 0 Å². The van der Waals surface area contributed by atoms with Gasteiger partial charge in [-0.2, -0.15) is 0 Å². The monoisotopic (exact) mass is 287 g/mol. The summed E-state index contributed by atoms with van der Waals surface area (Å²) in [5, 5.41) is 0. The molecule has 1 aromatic carbocycles. The van der Waals surface area contributed by atoms with Crippen LogP contribution in [0.25, 0.3) is 16.9 Å². The van der Waals surface area contributed by atoms with Gasteiger partial charge in [0.15, 0.2) is 0 Å². The minimum absolute atomic E-state index is 0.361. The minimum atomic E-state index is -0.374. The molecule has 0 amide bonds. The number of hydrogen-bond donors (Lipinski definition) is 1. The highest BCUT2D eigenvalue weighted by atomic mass is 19.1. The topological polar surface area (TPSA) is 61.8 Å². The van der Waals surface area contributed by atoms with Crippen LogP contribution in [0, 0.1) is 5.82 Å². The average molecular weight is 287 g/mol. The van der Waals surface area contributed by atoms with E-state index in [1.807, 2.05) is 0 Å². The number of hydrogen-bond acceptors (Lipinski definition) is 4. The molecule has 2 aromatic heterocycles. The first kappa shape index (κ1) is 13.2. The molecule has 108 valence electrons. The van der Waals surface area contributed by atoms with Crippen molar-refractivity contribution >= 4 is 11.5 Å². The zero-order valence-corrected chi connectivity index (χ0v) is 11.6. The van der Waals surface area contributed by atoms with Crippen LogP contribution in [0.15, 0.2) is 36.5 Å². The number of nitrogen functional groups attached to an aromatic ring is 1. The number of rotatable bonds is 3. The van der Waals surface area contributed by atoms with Crippen molar-refractivity contribution < 1.29 is 13.9 Å². The molecule has 0 unspecified atom stereocenters. The fourth-order valence-corrected chi connectivity index (χ4v) is 2.19. The number of nitrogens with zero attached hydrogens (tertiary/aromatic N) is 2. The number of imidazole rings is 1. The summed E-state index contributed by atoms with van der Waals surface area (Å²) in [6.45, 7) is 0. The largest absolute Gasteiger partial charge is 0.497 e. The van der Waals surface area contributed by atoms with Crippen LogP contribution in [0.5, 0.6) is 11.5 Å². The van der Waals surface area contributed by atoms with Gasteiger partial charge in [0.25, 0.3) is 0 Å². The highest BCUT2D eigenvalue weighted by Gasteiger charge is 2.14. The third-order valence-electron chi connectivity index (χ3n) is 3.24. The lowest BCUT2D eigenvalue weighted by Crippen LogP contribution is -1.95. The maximum Gasteiger partial charge on any atom is 0.140 e. The van der Waals surface area contributed by atoms with Gasteiger partial charge in [-0.05, 0) is 24.3 Å². The van der Waals surface area contributed by atoms with E-state index in [0.717, 1.165) is 5.56 Å². The number of halogens is 1. The zero-order valence-electron chi connectivity index (χ0n) is 11.6. The van der Waals surface area contributed by atoms with E-state index in [1.165, 1.54) is 16.7 Å². The highest BCUT2D eigenvalue weighted by Crippen LogP contribution is 2.32. The molecule has 5 nitrogen and oxygen atoms in total. The Labute approximate surface area is 120 Å². The van der Waals surface area contributed by atoms with Crippen LogP contribution < -0.4 is 15.2 Å². The number of methoxy groups -OCH3 is 2. The fraction of sp³-hybridized carbons (Fsp3) is 0.133. The molecular weight excluding hydrogens is 273 g/mol. The van der Waals surface area contributed by atoms with Crippen LogP contribution in [0.4, 0.5) is 10.2 Å². The molecule has 2 heterocycles. The lowest BCUT2D eigenvalue weighted by molar-refractivity contribution is 0.394. The summed E-state index contributed by atoms with van der Waals surface area (Å²) in [7, 11) is 3.14. The Kier molecular flexibility index (Phi) is 3.13. The molecule has 0 saturated heterocycles. The van der Waals surface area contributed by atoms with E-state index in [9.17, 15) is 4.39 Å². The smallest absolute Gasteiger partial charge is 0.140 e. The quantitative estimate of drug-likeness (QED) is 0.804. The van der Waals surface area contributed by atoms with Gasteiger partial charge in [-0.3, -0.25) is 4.40 Å². The maximum atomic E-state index is 13.3. The summed E-state index contributed by atoms with van der Waals surface area (Å²) in [6.07, 6.45) is 1.30. The van der Waals surface area contributed by atoms with Crippen molar-refractivity contribution in [3.05, 3.63) is 42.3 Å². The molecule has 0 saturated carbocycles. The average Bonchev–Trinajstić information content (AvgIpc) is 2.83. The molecule has 3 rings (SSSR count). The molecule has 0 spiro atoms. The fourth-order valence-electron chi connectivity index (χ4n) is 2.19. The van der Waals surface area contributed by atoms with Gasteiger partial charge < -0.3 is 15.2 Å². The van der Waals surface area contributed by atoms with Crippen LogP contribution >= 0.6 is 0 Å². The molecule has 6 heteroatoms. The number of nitrogens with two attached hydrogens (primary N) is 1. The molecule has 2 N–H and O–H groups in total. The summed E-state index contributed by atoms with van der Waals surface area (Å²) in [5.41, 5.74) is 7.95. The van der Waals surface area contributed by atoms with E-state index in [4.69, 9.17) is 15.2 Å². The first-order valence-corrected chi connectivity index (χ1v) is 6.29. The predicted octanol–water partition coefficient (Wildman–Crippen LogP) is 2.74. The number of ether oxygens (including phenoxy) is 2. The van der Waals surface area contributed by atoms with Crippen molar-refractivity contribution in [3.63, 3.8) is 0 Å². The lowest BCUT2D eigenvalue weighted by Gasteiger charge is -2.07. The Morgan fingerprint density at radius 3 is 2.38 bits per heavy atom. The van der Waals surface area contributed by atoms with Gasteiger partial charge >= 0.3 is 0 Å². The molecular formula is C15H14FN3O2. The molecule has 0 aliphatic rings. The van der Waals surface area contributed by atoms with Crippen LogP contribution in [0.3, 0.4) is 0 Å². The van der Waals surface area contributed by atoms with E-state index in [1.54, 1.807) is 38.5 Å². The van der Waals surface area contributed by atoms with E-state index in [0.29, 0.717) is 28.7 Å². The van der Waals surface area contributed by atoms with Crippen LogP contribution in [-0.2, 0) is 0 Å². The third kappa shape index (κ3) is 2.24. The minimum Gasteiger partial charge on any atom is -0.497 e. The second-order valence-electron chi connectivity index (χ2n) is 4.52. The van der Waals surface area contributed by atoms with E-state index in [-0.39, 0.29) is 5.82 Å². The summed E-state index contributed by atoms with van der Waals surface area (Å²) in [5.74, 6) is 1.25. The maximum absolute atomic E-state index is 13.3. The Hall–Kier alpha value is -2.76. The summed E-state index contributed by atoms with van der Waals surface area (Å²) in [4.78, 5) is 4.43. The van der Waals surface area contributed by atoms with Gasteiger partial charge in [0.05, 0.1) is 14.2 Å². The van der Waals surface area contributed by atoms with Crippen molar-refractivity contribution in [3.8, 4) is 22.8 Å². The Balaban J connectivity index is 2.22. The SMILES string of the molecule is COc1cc(OC)cc(-c2nc3ccc(F)cn3c2N)c1. The van der Waals surface area contributed by atoms with Crippen molar-refractivity contribution in [1.29, 1.82) is 0 Å². The first-order valence-electron chi connectivity index (χ1n) is 6.29. The van der Waals surface area contributed by atoms with Gasteiger partial charge in [0.2, 0.25) is 0 Å². The van der Waals surface area contributed by atoms with E-state index < -0.39 is 0 Å². The molecule has 3 aromatic rings. The number of aromatic nitrogens is 2. The van der Waals surface area contributed by atoms with Gasteiger partial charge in [-0.25, -0.2) is 9.37 Å². The second-order valence-corrected chi connectivity index (χ2v) is 4.52. The lowest BCUT2D eigenvalue weighted by atomic mass is 10.1.